The minimum atomic E-state index is -0.777. The van der Waals surface area contributed by atoms with E-state index < -0.39 is 11.6 Å². The molecule has 0 aliphatic carbocycles. The van der Waals surface area contributed by atoms with Crippen molar-refractivity contribution >= 4 is 22.5 Å². The molecule has 190 valence electrons. The Balaban J connectivity index is 1.44. The maximum Gasteiger partial charge on any atom is 0.185 e. The number of fused-ring (bicyclic) bond motifs is 1. The van der Waals surface area contributed by atoms with Crippen molar-refractivity contribution in [1.29, 1.82) is 0 Å². The molecule has 1 aliphatic rings. The first-order valence-electron chi connectivity index (χ1n) is 12.1. The summed E-state index contributed by atoms with van der Waals surface area (Å²) in [6.07, 6.45) is 5.88. The van der Waals surface area contributed by atoms with Crippen LogP contribution in [0.5, 0.6) is 5.75 Å². The highest BCUT2D eigenvalue weighted by atomic mass is 19.1. The number of rotatable bonds is 6. The number of Topliss-reactive ketones (excluding diaryl/α,β-unsaturated/α-hetero) is 1. The van der Waals surface area contributed by atoms with Gasteiger partial charge in [-0.25, -0.2) is 13.8 Å². The number of halogens is 2. The zero-order chi connectivity index (χ0) is 26.1. The van der Waals surface area contributed by atoms with Gasteiger partial charge in [-0.3, -0.25) is 14.8 Å². The van der Waals surface area contributed by atoms with E-state index in [2.05, 4.69) is 26.8 Å². The smallest absolute Gasteiger partial charge is 0.185 e. The summed E-state index contributed by atoms with van der Waals surface area (Å²) in [5.74, 6) is -1.22. The summed E-state index contributed by atoms with van der Waals surface area (Å²) in [4.78, 5) is 28.5. The molecule has 3 aromatic heterocycles. The molecule has 5 rings (SSSR count). The number of hydrogen-bond donors (Lipinski definition) is 1. The van der Waals surface area contributed by atoms with Gasteiger partial charge in [-0.05, 0) is 36.6 Å². The van der Waals surface area contributed by atoms with Gasteiger partial charge in [-0.2, -0.15) is 0 Å². The second kappa shape index (κ2) is 10.2. The lowest BCUT2D eigenvalue weighted by Gasteiger charge is -2.37. The van der Waals surface area contributed by atoms with E-state index in [1.54, 1.807) is 24.5 Å². The number of pyridine rings is 3. The maximum atomic E-state index is 14.6. The molecule has 7 nitrogen and oxygen atoms in total. The summed E-state index contributed by atoms with van der Waals surface area (Å²) in [7, 11) is 1.34. The topological polar surface area (TPSA) is 94.2 Å². The average molecular weight is 504 g/mol. The summed E-state index contributed by atoms with van der Waals surface area (Å²) in [6.45, 7) is 3.75. The third-order valence-electron chi connectivity index (χ3n) is 6.62. The summed E-state index contributed by atoms with van der Waals surface area (Å²) in [5.41, 5.74) is 9.07. The summed E-state index contributed by atoms with van der Waals surface area (Å²) in [5, 5.41) is 0. The number of nitrogens with zero attached hydrogens (tertiary/aromatic N) is 4. The Kier molecular flexibility index (Phi) is 6.80. The van der Waals surface area contributed by atoms with Crippen molar-refractivity contribution in [1.82, 2.24) is 15.0 Å². The zero-order valence-electron chi connectivity index (χ0n) is 20.6. The molecule has 1 aromatic carbocycles. The standard InChI is InChI=1S/C28H27F2N5O2/c1-16-7-19(31)15-35(14-16)26-5-6-32-12-17(26)9-27(36)24-4-3-23-25(34-24)8-18(13-33-23)28-21(29)10-20(37-2)11-22(28)30/h3-6,8,10-13,16,19H,7,9,14-15,31H2,1-2H3/t16-,19+/m1/s1. The van der Waals surface area contributed by atoms with Crippen molar-refractivity contribution in [2.24, 2.45) is 11.7 Å². The van der Waals surface area contributed by atoms with Gasteiger partial charge in [-0.1, -0.05) is 6.92 Å². The predicted octanol–water partition coefficient (Wildman–Crippen LogP) is 4.58. The third-order valence-corrected chi connectivity index (χ3v) is 6.62. The molecule has 1 saturated heterocycles. The molecular weight excluding hydrogens is 476 g/mol. The fourth-order valence-electron chi connectivity index (χ4n) is 4.97. The van der Waals surface area contributed by atoms with Gasteiger partial charge in [0, 0.05) is 73.1 Å². The number of piperidine rings is 1. The van der Waals surface area contributed by atoms with E-state index in [1.807, 2.05) is 6.07 Å². The fourth-order valence-corrected chi connectivity index (χ4v) is 4.97. The molecule has 0 unspecified atom stereocenters. The first kappa shape index (κ1) is 24.7. The molecular formula is C28H27F2N5O2. The third kappa shape index (κ3) is 5.13. The summed E-state index contributed by atoms with van der Waals surface area (Å²) >= 11 is 0. The summed E-state index contributed by atoms with van der Waals surface area (Å²) < 4.78 is 34.2. The number of carbonyl (C=O) groups is 1. The molecule has 1 aliphatic heterocycles. The molecule has 0 amide bonds. The number of carbonyl (C=O) groups excluding carboxylic acids is 1. The van der Waals surface area contributed by atoms with Crippen LogP contribution in [0.2, 0.25) is 0 Å². The van der Waals surface area contributed by atoms with Gasteiger partial charge in [0.1, 0.15) is 23.1 Å². The Morgan fingerprint density at radius 1 is 1.11 bits per heavy atom. The van der Waals surface area contributed by atoms with Crippen molar-refractivity contribution in [2.75, 3.05) is 25.1 Å². The van der Waals surface area contributed by atoms with Gasteiger partial charge in [0.25, 0.3) is 0 Å². The largest absolute Gasteiger partial charge is 0.497 e. The van der Waals surface area contributed by atoms with Crippen LogP contribution in [0.4, 0.5) is 14.5 Å². The van der Waals surface area contributed by atoms with E-state index in [4.69, 9.17) is 10.5 Å². The van der Waals surface area contributed by atoms with Crippen molar-refractivity contribution in [2.45, 2.75) is 25.8 Å². The first-order valence-corrected chi connectivity index (χ1v) is 12.1. The molecule has 0 saturated carbocycles. The second-order valence-electron chi connectivity index (χ2n) is 9.54. The number of methoxy groups -OCH3 is 1. The Morgan fingerprint density at radius 2 is 1.89 bits per heavy atom. The molecule has 2 N–H and O–H groups in total. The van der Waals surface area contributed by atoms with E-state index in [-0.39, 0.29) is 40.8 Å². The van der Waals surface area contributed by atoms with Crippen LogP contribution in [0.25, 0.3) is 22.2 Å². The van der Waals surface area contributed by atoms with Crippen LogP contribution in [-0.2, 0) is 6.42 Å². The molecule has 0 bridgehead atoms. The molecule has 0 spiro atoms. The molecule has 4 aromatic rings. The number of anilines is 1. The van der Waals surface area contributed by atoms with Gasteiger partial charge >= 0.3 is 0 Å². The highest BCUT2D eigenvalue weighted by Crippen LogP contribution is 2.31. The van der Waals surface area contributed by atoms with Crippen molar-refractivity contribution in [3.8, 4) is 16.9 Å². The summed E-state index contributed by atoms with van der Waals surface area (Å²) in [6, 6.07) is 9.02. The Bertz CT molecular complexity index is 1450. The Morgan fingerprint density at radius 3 is 2.62 bits per heavy atom. The lowest BCUT2D eigenvalue weighted by Crippen LogP contribution is -2.46. The highest BCUT2D eigenvalue weighted by molar-refractivity contribution is 5.98. The number of ketones is 1. The molecule has 9 heteroatoms. The van der Waals surface area contributed by atoms with Crippen LogP contribution in [0.1, 0.15) is 29.4 Å². The quantitative estimate of drug-likeness (QED) is 0.385. The van der Waals surface area contributed by atoms with Crippen LogP contribution in [0, 0.1) is 17.6 Å². The second-order valence-corrected chi connectivity index (χ2v) is 9.54. The normalized spacial score (nSPS) is 17.7. The lowest BCUT2D eigenvalue weighted by atomic mass is 9.95. The van der Waals surface area contributed by atoms with Crippen molar-refractivity contribution < 1.29 is 18.3 Å². The van der Waals surface area contributed by atoms with Gasteiger partial charge in [0.05, 0.1) is 23.7 Å². The minimum absolute atomic E-state index is 0.0738. The number of benzene rings is 1. The molecule has 2 atom stereocenters. The van der Waals surface area contributed by atoms with Crippen LogP contribution >= 0.6 is 0 Å². The van der Waals surface area contributed by atoms with Crippen molar-refractivity contribution in [3.63, 3.8) is 0 Å². The first-order chi connectivity index (χ1) is 17.8. The highest BCUT2D eigenvalue weighted by Gasteiger charge is 2.25. The predicted molar refractivity (Wildman–Crippen MR) is 138 cm³/mol. The van der Waals surface area contributed by atoms with Gasteiger partial charge in [0.15, 0.2) is 5.78 Å². The van der Waals surface area contributed by atoms with Crippen LogP contribution in [-0.4, -0.2) is 47.0 Å². The van der Waals surface area contributed by atoms with E-state index in [0.717, 1.165) is 42.9 Å². The van der Waals surface area contributed by atoms with E-state index >= 15 is 0 Å². The lowest BCUT2D eigenvalue weighted by molar-refractivity contribution is 0.0988. The average Bonchev–Trinajstić information content (AvgIpc) is 2.87. The monoisotopic (exact) mass is 503 g/mol. The van der Waals surface area contributed by atoms with Crippen LogP contribution in [0.3, 0.4) is 0 Å². The molecule has 0 radical (unpaired) electrons. The van der Waals surface area contributed by atoms with Gasteiger partial charge < -0.3 is 15.4 Å². The maximum absolute atomic E-state index is 14.6. The molecule has 1 fully saturated rings. The van der Waals surface area contributed by atoms with Gasteiger partial charge in [-0.15, -0.1) is 0 Å². The fraction of sp³-hybridized carbons (Fsp3) is 0.286. The molecule has 37 heavy (non-hydrogen) atoms. The van der Waals surface area contributed by atoms with Crippen LogP contribution < -0.4 is 15.4 Å². The number of aromatic nitrogens is 3. The van der Waals surface area contributed by atoms with E-state index in [0.29, 0.717) is 17.0 Å². The Labute approximate surface area is 213 Å². The van der Waals surface area contributed by atoms with E-state index in [9.17, 15) is 13.6 Å². The zero-order valence-corrected chi connectivity index (χ0v) is 20.6. The minimum Gasteiger partial charge on any atom is -0.497 e. The number of ether oxygens (including phenoxy) is 1. The SMILES string of the molecule is COc1cc(F)c(-c2cnc3ccc(C(=O)Cc4cnccc4N4C[C@H](C)C[C@H](N)C4)nc3c2)c(F)c1. The van der Waals surface area contributed by atoms with E-state index in [1.165, 1.54) is 19.4 Å². The number of nitrogens with two attached hydrogens (primary N) is 1. The van der Waals surface area contributed by atoms with Crippen molar-refractivity contribution in [3.05, 3.63) is 77.9 Å². The molecule has 4 heterocycles. The van der Waals surface area contributed by atoms with Gasteiger partial charge in [0.2, 0.25) is 0 Å². The van der Waals surface area contributed by atoms with Crippen LogP contribution in [0.15, 0.2) is 55.0 Å². The number of hydrogen-bond acceptors (Lipinski definition) is 7. The Hall–Kier alpha value is -3.98.